The molecule has 2 aromatic heterocycles. The number of thiophene rings is 1. The summed E-state index contributed by atoms with van der Waals surface area (Å²) in [4.78, 5) is 11.4. The van der Waals surface area contributed by atoms with Crippen LogP contribution in [0.3, 0.4) is 0 Å². The van der Waals surface area contributed by atoms with Gasteiger partial charge in [0.1, 0.15) is 0 Å². The first-order valence-corrected chi connectivity index (χ1v) is 9.38. The van der Waals surface area contributed by atoms with Gasteiger partial charge in [0.15, 0.2) is 11.0 Å². The lowest BCUT2D eigenvalue weighted by Gasteiger charge is -2.19. The van der Waals surface area contributed by atoms with E-state index in [1.54, 1.807) is 18.3 Å². The minimum atomic E-state index is -0.369. The minimum absolute atomic E-state index is 0.0404. The second-order valence-electron chi connectivity index (χ2n) is 5.44. The molecule has 0 aliphatic carbocycles. The summed E-state index contributed by atoms with van der Waals surface area (Å²) in [6.45, 7) is 3.89. The lowest BCUT2D eigenvalue weighted by atomic mass is 10.1. The average Bonchev–Trinajstić information content (AvgIpc) is 3.24. The number of primary amides is 1. The van der Waals surface area contributed by atoms with Gasteiger partial charge in [-0.1, -0.05) is 42.1 Å². The van der Waals surface area contributed by atoms with Gasteiger partial charge in [-0.05, 0) is 30.9 Å². The third kappa shape index (κ3) is 3.37. The Morgan fingerprint density at radius 3 is 2.58 bits per heavy atom. The number of nitrogens with two attached hydrogens (primary N) is 1. The highest BCUT2D eigenvalue weighted by atomic mass is 32.2. The van der Waals surface area contributed by atoms with Crippen molar-refractivity contribution < 1.29 is 4.79 Å². The van der Waals surface area contributed by atoms with Crippen molar-refractivity contribution in [2.45, 2.75) is 30.3 Å². The molecule has 0 saturated heterocycles. The molecule has 7 heteroatoms. The standard InChI is InChI=1S/C17H18N4OS2/c1-11(13-6-4-3-5-7-13)21-16(14-8-9-23-10-14)19-20-17(21)24-12(2)15(18)22/h3-12H,1-2H3,(H2,18,22). The maximum atomic E-state index is 11.4. The molecule has 0 saturated carbocycles. The summed E-state index contributed by atoms with van der Waals surface area (Å²) in [5.41, 5.74) is 7.58. The first kappa shape index (κ1) is 16.7. The molecule has 3 rings (SSSR count). The molecule has 1 amide bonds. The average molecular weight is 358 g/mol. The van der Waals surface area contributed by atoms with E-state index in [1.807, 2.05) is 35.0 Å². The topological polar surface area (TPSA) is 73.8 Å². The normalized spacial score (nSPS) is 13.6. The molecule has 0 aliphatic heterocycles. The van der Waals surface area contributed by atoms with Gasteiger partial charge in [-0.25, -0.2) is 0 Å². The number of hydrogen-bond donors (Lipinski definition) is 1. The van der Waals surface area contributed by atoms with Crippen LogP contribution in [0.2, 0.25) is 0 Å². The van der Waals surface area contributed by atoms with Crippen molar-refractivity contribution in [2.75, 3.05) is 0 Å². The Kier molecular flexibility index (Phi) is 5.01. The van der Waals surface area contributed by atoms with Gasteiger partial charge in [0.05, 0.1) is 11.3 Å². The van der Waals surface area contributed by atoms with Gasteiger partial charge in [0, 0.05) is 10.9 Å². The van der Waals surface area contributed by atoms with Gasteiger partial charge in [0.25, 0.3) is 0 Å². The van der Waals surface area contributed by atoms with Crippen molar-refractivity contribution in [1.82, 2.24) is 14.8 Å². The number of nitrogens with zero attached hydrogens (tertiary/aromatic N) is 3. The Morgan fingerprint density at radius 1 is 1.21 bits per heavy atom. The molecule has 2 atom stereocenters. The summed E-state index contributed by atoms with van der Waals surface area (Å²) in [6.07, 6.45) is 0. The number of aromatic nitrogens is 3. The van der Waals surface area contributed by atoms with E-state index in [9.17, 15) is 4.79 Å². The molecule has 0 aliphatic rings. The molecular formula is C17H18N4OS2. The van der Waals surface area contributed by atoms with E-state index in [2.05, 4.69) is 33.8 Å². The van der Waals surface area contributed by atoms with E-state index in [0.717, 1.165) is 17.0 Å². The van der Waals surface area contributed by atoms with Crippen LogP contribution < -0.4 is 5.73 Å². The van der Waals surface area contributed by atoms with Crippen LogP contribution in [0.5, 0.6) is 0 Å². The van der Waals surface area contributed by atoms with Gasteiger partial charge in [0.2, 0.25) is 5.91 Å². The van der Waals surface area contributed by atoms with Crippen molar-refractivity contribution in [3.63, 3.8) is 0 Å². The number of hydrogen-bond acceptors (Lipinski definition) is 5. The van der Waals surface area contributed by atoms with E-state index in [0.29, 0.717) is 5.16 Å². The number of rotatable bonds is 6. The summed E-state index contributed by atoms with van der Waals surface area (Å²) < 4.78 is 2.07. The van der Waals surface area contributed by atoms with Gasteiger partial charge >= 0.3 is 0 Å². The van der Waals surface area contributed by atoms with Crippen LogP contribution in [0.4, 0.5) is 0 Å². The molecule has 2 N–H and O–H groups in total. The van der Waals surface area contributed by atoms with Gasteiger partial charge in [-0.2, -0.15) is 11.3 Å². The molecule has 0 spiro atoms. The first-order chi connectivity index (χ1) is 11.6. The van der Waals surface area contributed by atoms with E-state index >= 15 is 0 Å². The fourth-order valence-corrected chi connectivity index (χ4v) is 3.90. The summed E-state index contributed by atoms with van der Waals surface area (Å²) in [5, 5.41) is 13.1. The van der Waals surface area contributed by atoms with Crippen LogP contribution in [0.15, 0.2) is 52.3 Å². The number of thioether (sulfide) groups is 1. The number of amides is 1. The highest BCUT2D eigenvalue weighted by Gasteiger charge is 2.23. The van der Waals surface area contributed by atoms with E-state index in [1.165, 1.54) is 11.8 Å². The third-order valence-electron chi connectivity index (χ3n) is 3.80. The third-order valence-corrected chi connectivity index (χ3v) is 5.55. The SMILES string of the molecule is CC(Sc1nnc(-c2ccsc2)n1C(C)c1ccccc1)C(N)=O. The summed E-state index contributed by atoms with van der Waals surface area (Å²) >= 11 is 2.95. The molecule has 124 valence electrons. The molecule has 2 unspecified atom stereocenters. The summed E-state index contributed by atoms with van der Waals surface area (Å²) in [5.74, 6) is 0.436. The van der Waals surface area contributed by atoms with E-state index < -0.39 is 0 Å². The molecular weight excluding hydrogens is 340 g/mol. The molecule has 2 heterocycles. The van der Waals surface area contributed by atoms with Gasteiger partial charge in [-0.3, -0.25) is 9.36 Å². The smallest absolute Gasteiger partial charge is 0.230 e. The molecule has 0 bridgehead atoms. The largest absolute Gasteiger partial charge is 0.369 e. The summed E-state index contributed by atoms with van der Waals surface area (Å²) in [6, 6.07) is 12.2. The van der Waals surface area contributed by atoms with E-state index in [-0.39, 0.29) is 17.2 Å². The zero-order valence-electron chi connectivity index (χ0n) is 13.4. The Labute approximate surface area is 148 Å². The van der Waals surface area contributed by atoms with Crippen molar-refractivity contribution in [3.8, 4) is 11.4 Å². The quantitative estimate of drug-likeness (QED) is 0.684. The molecule has 3 aromatic rings. The monoisotopic (exact) mass is 358 g/mol. The Hall–Kier alpha value is -2.12. The van der Waals surface area contributed by atoms with Gasteiger partial charge in [-0.15, -0.1) is 10.2 Å². The molecule has 0 fully saturated rings. The predicted molar refractivity (Wildman–Crippen MR) is 98.1 cm³/mol. The lowest BCUT2D eigenvalue weighted by molar-refractivity contribution is -0.117. The van der Waals surface area contributed by atoms with Crippen molar-refractivity contribution in [2.24, 2.45) is 5.73 Å². The van der Waals surface area contributed by atoms with Crippen LogP contribution in [0, 0.1) is 0 Å². The van der Waals surface area contributed by atoms with Gasteiger partial charge < -0.3 is 5.73 Å². The van der Waals surface area contributed by atoms with Crippen LogP contribution in [0.1, 0.15) is 25.5 Å². The minimum Gasteiger partial charge on any atom is -0.369 e. The van der Waals surface area contributed by atoms with Crippen molar-refractivity contribution in [3.05, 3.63) is 52.7 Å². The second-order valence-corrected chi connectivity index (χ2v) is 7.53. The van der Waals surface area contributed by atoms with Crippen LogP contribution >= 0.6 is 23.1 Å². The Bertz CT molecular complexity index is 815. The predicted octanol–water partition coefficient (Wildman–Crippen LogP) is 3.58. The maximum absolute atomic E-state index is 11.4. The molecule has 5 nitrogen and oxygen atoms in total. The maximum Gasteiger partial charge on any atom is 0.230 e. The van der Waals surface area contributed by atoms with Crippen LogP contribution in [-0.4, -0.2) is 25.9 Å². The zero-order valence-corrected chi connectivity index (χ0v) is 15.1. The number of carbonyl (C=O) groups excluding carboxylic acids is 1. The first-order valence-electron chi connectivity index (χ1n) is 7.56. The molecule has 0 radical (unpaired) electrons. The fraction of sp³-hybridized carbons (Fsp3) is 0.235. The number of benzene rings is 1. The molecule has 24 heavy (non-hydrogen) atoms. The zero-order chi connectivity index (χ0) is 17.1. The van der Waals surface area contributed by atoms with Crippen molar-refractivity contribution in [1.29, 1.82) is 0 Å². The van der Waals surface area contributed by atoms with E-state index in [4.69, 9.17) is 5.73 Å². The lowest BCUT2D eigenvalue weighted by Crippen LogP contribution is -2.23. The highest BCUT2D eigenvalue weighted by molar-refractivity contribution is 8.00. The van der Waals surface area contributed by atoms with Crippen molar-refractivity contribution >= 4 is 29.0 Å². The number of carbonyl (C=O) groups is 1. The van der Waals surface area contributed by atoms with Crippen LogP contribution in [-0.2, 0) is 4.79 Å². The Balaban J connectivity index is 2.06. The molecule has 1 aromatic carbocycles. The van der Waals surface area contributed by atoms with Crippen LogP contribution in [0.25, 0.3) is 11.4 Å². The highest BCUT2D eigenvalue weighted by Crippen LogP contribution is 2.33. The fourth-order valence-electron chi connectivity index (χ4n) is 2.39. The summed E-state index contributed by atoms with van der Waals surface area (Å²) in [7, 11) is 0. The second kappa shape index (κ2) is 7.19. The Morgan fingerprint density at radius 2 is 1.96 bits per heavy atom.